The van der Waals surface area contributed by atoms with Crippen molar-refractivity contribution in [3.05, 3.63) is 0 Å². The Morgan fingerprint density at radius 2 is 2.22 bits per heavy atom. The molecule has 2 aliphatic heterocycles. The van der Waals surface area contributed by atoms with E-state index in [2.05, 4.69) is 0 Å². The van der Waals surface area contributed by atoms with Crippen LogP contribution in [0.3, 0.4) is 0 Å². The van der Waals surface area contributed by atoms with Crippen molar-refractivity contribution in [2.24, 2.45) is 5.92 Å². The van der Waals surface area contributed by atoms with Gasteiger partial charge in [-0.05, 0) is 6.42 Å². The molecule has 3 heteroatoms. The van der Waals surface area contributed by atoms with Crippen molar-refractivity contribution in [1.82, 2.24) is 0 Å². The van der Waals surface area contributed by atoms with E-state index in [1.807, 2.05) is 0 Å². The third-order valence-electron chi connectivity index (χ3n) is 1.80. The predicted octanol–water partition coefficient (Wildman–Crippen LogP) is 0.353. The minimum Gasteiger partial charge on any atom is -0.355 e. The van der Waals surface area contributed by atoms with Crippen LogP contribution < -0.4 is 0 Å². The number of hydrogen-bond acceptors (Lipinski definition) is 3. The van der Waals surface area contributed by atoms with Gasteiger partial charge in [0.25, 0.3) is 0 Å². The third kappa shape index (κ3) is 0.956. The van der Waals surface area contributed by atoms with Gasteiger partial charge in [0.1, 0.15) is 6.79 Å². The molecule has 0 spiro atoms. The Kier molecular flexibility index (Phi) is 1.41. The number of rotatable bonds is 0. The zero-order valence-electron chi connectivity index (χ0n) is 5.21. The largest absolute Gasteiger partial charge is 0.355 e. The van der Waals surface area contributed by atoms with Crippen LogP contribution in [0.4, 0.5) is 0 Å². The van der Waals surface area contributed by atoms with Gasteiger partial charge >= 0.3 is 0 Å². The Bertz CT molecular complexity index is 92.5. The Morgan fingerprint density at radius 1 is 1.22 bits per heavy atom. The summed E-state index contributed by atoms with van der Waals surface area (Å²) in [4.78, 5) is 0. The molecular weight excluding hydrogens is 120 g/mol. The summed E-state index contributed by atoms with van der Waals surface area (Å²) >= 11 is 0. The average Bonchev–Trinajstić information content (AvgIpc) is 2.33. The summed E-state index contributed by atoms with van der Waals surface area (Å²) in [6.45, 7) is 2.05. The van der Waals surface area contributed by atoms with Crippen LogP contribution in [0.2, 0.25) is 0 Å². The highest BCUT2D eigenvalue weighted by molar-refractivity contribution is 4.70. The van der Waals surface area contributed by atoms with Gasteiger partial charge in [0, 0.05) is 5.92 Å². The number of hydrogen-bond donors (Lipinski definition) is 0. The van der Waals surface area contributed by atoms with E-state index in [1.165, 1.54) is 0 Å². The fourth-order valence-electron chi connectivity index (χ4n) is 1.27. The smallest absolute Gasteiger partial charge is 0.165 e. The van der Waals surface area contributed by atoms with Gasteiger partial charge < -0.3 is 14.2 Å². The van der Waals surface area contributed by atoms with Crippen LogP contribution in [0.5, 0.6) is 0 Å². The molecule has 0 aromatic rings. The second-order valence-electron chi connectivity index (χ2n) is 2.44. The second-order valence-corrected chi connectivity index (χ2v) is 2.44. The lowest BCUT2D eigenvalue weighted by Gasteiger charge is -2.23. The van der Waals surface area contributed by atoms with Crippen LogP contribution in [0.1, 0.15) is 6.42 Å². The van der Waals surface area contributed by atoms with Crippen molar-refractivity contribution in [3.8, 4) is 0 Å². The second kappa shape index (κ2) is 2.25. The number of ether oxygens (including phenoxy) is 3. The normalized spacial score (nSPS) is 42.7. The van der Waals surface area contributed by atoms with E-state index >= 15 is 0 Å². The highest BCUT2D eigenvalue weighted by atomic mass is 16.8. The molecule has 2 unspecified atom stereocenters. The van der Waals surface area contributed by atoms with E-state index in [0.29, 0.717) is 12.7 Å². The SMILES string of the molecule is C1CC2COCOC2O1. The minimum absolute atomic E-state index is 0.0405. The number of fused-ring (bicyclic) bond motifs is 1. The molecule has 2 fully saturated rings. The molecule has 2 rings (SSSR count). The summed E-state index contributed by atoms with van der Waals surface area (Å²) in [6, 6.07) is 0. The molecule has 0 radical (unpaired) electrons. The Hall–Kier alpha value is -0.120. The zero-order valence-corrected chi connectivity index (χ0v) is 5.21. The van der Waals surface area contributed by atoms with E-state index in [-0.39, 0.29) is 6.29 Å². The topological polar surface area (TPSA) is 27.7 Å². The predicted molar refractivity (Wildman–Crippen MR) is 29.8 cm³/mol. The lowest BCUT2D eigenvalue weighted by atomic mass is 10.1. The zero-order chi connectivity index (χ0) is 6.10. The van der Waals surface area contributed by atoms with Gasteiger partial charge in [-0.3, -0.25) is 0 Å². The maximum absolute atomic E-state index is 5.25. The molecule has 0 aromatic carbocycles. The fourth-order valence-corrected chi connectivity index (χ4v) is 1.27. The summed E-state index contributed by atoms with van der Waals surface area (Å²) in [7, 11) is 0. The summed E-state index contributed by atoms with van der Waals surface area (Å²) in [6.07, 6.45) is 1.13. The maximum atomic E-state index is 5.25. The quantitative estimate of drug-likeness (QED) is 0.473. The van der Waals surface area contributed by atoms with Gasteiger partial charge in [-0.2, -0.15) is 0 Å². The third-order valence-corrected chi connectivity index (χ3v) is 1.80. The maximum Gasteiger partial charge on any atom is 0.165 e. The van der Waals surface area contributed by atoms with Gasteiger partial charge in [0.2, 0.25) is 0 Å². The van der Waals surface area contributed by atoms with Crippen LogP contribution in [0.15, 0.2) is 0 Å². The van der Waals surface area contributed by atoms with Crippen LogP contribution in [0, 0.1) is 5.92 Å². The molecule has 2 heterocycles. The summed E-state index contributed by atoms with van der Waals surface area (Å²) < 4.78 is 15.5. The molecule has 0 N–H and O–H groups in total. The molecular formula is C6H10O3. The molecule has 0 saturated carbocycles. The molecule has 2 atom stereocenters. The van der Waals surface area contributed by atoms with Gasteiger partial charge in [-0.15, -0.1) is 0 Å². The first-order chi connectivity index (χ1) is 4.47. The average molecular weight is 130 g/mol. The Balaban J connectivity index is 1.97. The van der Waals surface area contributed by atoms with Crippen molar-refractivity contribution in [3.63, 3.8) is 0 Å². The monoisotopic (exact) mass is 130 g/mol. The lowest BCUT2D eigenvalue weighted by Crippen LogP contribution is -2.30. The van der Waals surface area contributed by atoms with Gasteiger partial charge in [-0.25, -0.2) is 0 Å². The molecule has 9 heavy (non-hydrogen) atoms. The fraction of sp³-hybridized carbons (Fsp3) is 1.00. The van der Waals surface area contributed by atoms with E-state index in [4.69, 9.17) is 14.2 Å². The van der Waals surface area contributed by atoms with Gasteiger partial charge in [0.15, 0.2) is 6.29 Å². The molecule has 2 aliphatic rings. The molecule has 0 amide bonds. The van der Waals surface area contributed by atoms with E-state index in [1.54, 1.807) is 0 Å². The lowest BCUT2D eigenvalue weighted by molar-refractivity contribution is -0.234. The van der Waals surface area contributed by atoms with Crippen molar-refractivity contribution in [2.75, 3.05) is 20.0 Å². The highest BCUT2D eigenvalue weighted by Gasteiger charge is 2.31. The minimum atomic E-state index is 0.0405. The standard InChI is InChI=1S/C6H10O3/c1-2-8-6-5(1)3-7-4-9-6/h5-6H,1-4H2. The molecule has 52 valence electrons. The highest BCUT2D eigenvalue weighted by Crippen LogP contribution is 2.24. The van der Waals surface area contributed by atoms with Crippen molar-refractivity contribution < 1.29 is 14.2 Å². The van der Waals surface area contributed by atoms with E-state index < -0.39 is 0 Å². The first-order valence-corrected chi connectivity index (χ1v) is 3.28. The summed E-state index contributed by atoms with van der Waals surface area (Å²) in [5, 5.41) is 0. The first kappa shape index (κ1) is 5.65. The van der Waals surface area contributed by atoms with Crippen LogP contribution in [0.25, 0.3) is 0 Å². The van der Waals surface area contributed by atoms with Crippen LogP contribution in [-0.4, -0.2) is 26.3 Å². The van der Waals surface area contributed by atoms with Crippen LogP contribution in [-0.2, 0) is 14.2 Å². The van der Waals surface area contributed by atoms with Crippen molar-refractivity contribution in [1.29, 1.82) is 0 Å². The Labute approximate surface area is 53.9 Å². The molecule has 0 aromatic heterocycles. The molecule has 0 bridgehead atoms. The van der Waals surface area contributed by atoms with Crippen molar-refractivity contribution >= 4 is 0 Å². The van der Waals surface area contributed by atoms with Gasteiger partial charge in [-0.1, -0.05) is 0 Å². The Morgan fingerprint density at radius 3 is 3.11 bits per heavy atom. The van der Waals surface area contributed by atoms with Crippen LogP contribution >= 0.6 is 0 Å². The summed E-state index contributed by atoms with van der Waals surface area (Å²) in [5.41, 5.74) is 0. The van der Waals surface area contributed by atoms with E-state index in [0.717, 1.165) is 19.6 Å². The first-order valence-electron chi connectivity index (χ1n) is 3.28. The molecule has 2 saturated heterocycles. The summed E-state index contributed by atoms with van der Waals surface area (Å²) in [5.74, 6) is 0.499. The molecule has 0 aliphatic carbocycles. The van der Waals surface area contributed by atoms with Gasteiger partial charge in [0.05, 0.1) is 13.2 Å². The van der Waals surface area contributed by atoms with Crippen molar-refractivity contribution in [2.45, 2.75) is 12.7 Å². The van der Waals surface area contributed by atoms with E-state index in [9.17, 15) is 0 Å². The molecule has 3 nitrogen and oxygen atoms in total.